The number of anilines is 1. The van der Waals surface area contributed by atoms with Crippen LogP contribution >= 0.6 is 34.7 Å². The van der Waals surface area contributed by atoms with Crippen LogP contribution in [0.3, 0.4) is 0 Å². The molecule has 8 heteroatoms. The Labute approximate surface area is 183 Å². The minimum absolute atomic E-state index is 0.0730. The number of hydrogen-bond acceptors (Lipinski definition) is 5. The van der Waals surface area contributed by atoms with E-state index in [0.717, 1.165) is 44.9 Å². The number of carbonyl (C=O) groups excluding carboxylic acids is 1. The van der Waals surface area contributed by atoms with Crippen molar-refractivity contribution in [1.29, 1.82) is 0 Å². The fraction of sp³-hybridized carbons (Fsp3) is 0.381. The second kappa shape index (κ2) is 8.90. The predicted molar refractivity (Wildman–Crippen MR) is 124 cm³/mol. The van der Waals surface area contributed by atoms with Crippen molar-refractivity contribution in [3.8, 4) is 0 Å². The molecule has 3 rings (SSSR count). The maximum Gasteiger partial charge on any atom is 0.262 e. The molecule has 0 aliphatic heterocycles. The lowest BCUT2D eigenvalue weighted by Crippen LogP contribution is -2.21. The van der Waals surface area contributed by atoms with E-state index in [4.69, 9.17) is 11.6 Å². The Morgan fingerprint density at radius 3 is 2.66 bits per heavy atom. The highest BCUT2D eigenvalue weighted by Gasteiger charge is 2.17. The molecule has 0 spiro atoms. The maximum absolute atomic E-state index is 12.7. The van der Waals surface area contributed by atoms with Crippen LogP contribution in [0.15, 0.2) is 22.1 Å². The fourth-order valence-corrected chi connectivity index (χ4v) is 5.39. The Morgan fingerprint density at radius 1 is 1.28 bits per heavy atom. The van der Waals surface area contributed by atoms with Crippen molar-refractivity contribution in [2.45, 2.75) is 45.7 Å². The molecular formula is C21H24ClN3O2S2. The van der Waals surface area contributed by atoms with Crippen LogP contribution in [0.2, 0.25) is 5.02 Å². The summed E-state index contributed by atoms with van der Waals surface area (Å²) in [6.07, 6.45) is 1.54. The van der Waals surface area contributed by atoms with E-state index < -0.39 is 0 Å². The molecule has 0 atom stereocenters. The molecule has 1 amide bonds. The first-order valence-corrected chi connectivity index (χ1v) is 11.7. The minimum atomic E-state index is -0.144. The Hall–Kier alpha value is -1.83. The zero-order chi connectivity index (χ0) is 21.3. The third-order valence-corrected chi connectivity index (χ3v) is 7.53. The Balaban J connectivity index is 1.83. The van der Waals surface area contributed by atoms with Gasteiger partial charge in [-0.2, -0.15) is 0 Å². The standard InChI is InChI=1S/C21H24ClN3O2S2/c1-6-13-8-9-15(22)14(7-2)18(13)23-16(26)10-28-21-24-19-17(20(27)25(21)5)11(3)12(4)29-19/h8-9H,6-7,10H2,1-5H3,(H,23,26). The zero-order valence-electron chi connectivity index (χ0n) is 17.2. The molecule has 0 radical (unpaired) electrons. The molecular weight excluding hydrogens is 426 g/mol. The third kappa shape index (κ3) is 4.22. The van der Waals surface area contributed by atoms with E-state index in [1.54, 1.807) is 7.05 Å². The number of fused-ring (bicyclic) bond motifs is 1. The average Bonchev–Trinajstić information content (AvgIpc) is 2.97. The van der Waals surface area contributed by atoms with Gasteiger partial charge in [0, 0.05) is 22.6 Å². The van der Waals surface area contributed by atoms with Crippen molar-refractivity contribution in [3.63, 3.8) is 0 Å². The van der Waals surface area contributed by atoms with Crippen LogP contribution in [0.4, 0.5) is 5.69 Å². The molecule has 0 saturated heterocycles. The van der Waals surface area contributed by atoms with Crippen LogP contribution in [0.1, 0.15) is 35.4 Å². The number of hydrogen-bond donors (Lipinski definition) is 1. The molecule has 0 saturated carbocycles. The lowest BCUT2D eigenvalue weighted by atomic mass is 10.0. The molecule has 2 aromatic heterocycles. The largest absolute Gasteiger partial charge is 0.325 e. The molecule has 5 nitrogen and oxygen atoms in total. The topological polar surface area (TPSA) is 64.0 Å². The van der Waals surface area contributed by atoms with Crippen LogP contribution in [0, 0.1) is 13.8 Å². The summed E-state index contributed by atoms with van der Waals surface area (Å²) in [6, 6.07) is 3.83. The summed E-state index contributed by atoms with van der Waals surface area (Å²) in [4.78, 5) is 31.8. The second-order valence-corrected chi connectivity index (χ2v) is 9.38. The highest BCUT2D eigenvalue weighted by atomic mass is 35.5. The van der Waals surface area contributed by atoms with Gasteiger partial charge in [0.2, 0.25) is 5.91 Å². The van der Waals surface area contributed by atoms with Crippen LogP contribution in [0.25, 0.3) is 10.2 Å². The number of thiophene rings is 1. The molecule has 1 aromatic carbocycles. The van der Waals surface area contributed by atoms with Crippen molar-refractivity contribution in [3.05, 3.63) is 49.1 Å². The van der Waals surface area contributed by atoms with Crippen molar-refractivity contribution in [1.82, 2.24) is 9.55 Å². The molecule has 154 valence electrons. The van der Waals surface area contributed by atoms with Crippen LogP contribution < -0.4 is 10.9 Å². The number of halogens is 1. The van der Waals surface area contributed by atoms with Gasteiger partial charge in [0.15, 0.2) is 5.16 Å². The summed E-state index contributed by atoms with van der Waals surface area (Å²) in [5, 5.41) is 4.89. The first-order valence-electron chi connectivity index (χ1n) is 9.48. The molecule has 3 aromatic rings. The van der Waals surface area contributed by atoms with Gasteiger partial charge >= 0.3 is 0 Å². The van der Waals surface area contributed by atoms with Crippen LogP contribution in [-0.4, -0.2) is 21.2 Å². The minimum Gasteiger partial charge on any atom is -0.325 e. The van der Waals surface area contributed by atoms with E-state index in [-0.39, 0.29) is 17.2 Å². The van der Waals surface area contributed by atoms with E-state index in [1.165, 1.54) is 27.7 Å². The zero-order valence-corrected chi connectivity index (χ0v) is 19.6. The number of nitrogens with one attached hydrogen (secondary N) is 1. The van der Waals surface area contributed by atoms with E-state index in [2.05, 4.69) is 10.3 Å². The van der Waals surface area contributed by atoms with Crippen molar-refractivity contribution in [2.24, 2.45) is 7.05 Å². The van der Waals surface area contributed by atoms with Crippen molar-refractivity contribution < 1.29 is 4.79 Å². The summed E-state index contributed by atoms with van der Waals surface area (Å²) in [6.45, 7) is 8.00. The normalized spacial score (nSPS) is 11.2. The summed E-state index contributed by atoms with van der Waals surface area (Å²) in [5.41, 5.74) is 3.71. The van der Waals surface area contributed by atoms with Gasteiger partial charge in [0.25, 0.3) is 5.56 Å². The first-order chi connectivity index (χ1) is 13.8. The van der Waals surface area contributed by atoms with Gasteiger partial charge in [-0.25, -0.2) is 4.98 Å². The van der Waals surface area contributed by atoms with Gasteiger partial charge in [0.05, 0.1) is 11.1 Å². The van der Waals surface area contributed by atoms with Gasteiger partial charge in [-0.05, 0) is 49.4 Å². The van der Waals surface area contributed by atoms with Gasteiger partial charge in [-0.1, -0.05) is 43.3 Å². The number of amides is 1. The van der Waals surface area contributed by atoms with E-state index in [1.807, 2.05) is 39.8 Å². The quantitative estimate of drug-likeness (QED) is 0.419. The number of rotatable bonds is 6. The number of benzene rings is 1. The lowest BCUT2D eigenvalue weighted by molar-refractivity contribution is -0.113. The average molecular weight is 450 g/mol. The Bertz CT molecular complexity index is 1150. The fourth-order valence-electron chi connectivity index (χ4n) is 3.26. The molecule has 0 unspecified atom stereocenters. The Kier molecular flexibility index (Phi) is 6.71. The first kappa shape index (κ1) is 21.9. The Morgan fingerprint density at radius 2 is 2.00 bits per heavy atom. The van der Waals surface area contributed by atoms with Gasteiger partial charge < -0.3 is 5.32 Å². The lowest BCUT2D eigenvalue weighted by Gasteiger charge is -2.16. The number of aromatic nitrogens is 2. The summed E-state index contributed by atoms with van der Waals surface area (Å²) >= 11 is 9.09. The third-order valence-electron chi connectivity index (χ3n) is 5.04. The van der Waals surface area contributed by atoms with E-state index in [9.17, 15) is 9.59 Å². The van der Waals surface area contributed by atoms with Gasteiger partial charge in [-0.15, -0.1) is 11.3 Å². The number of nitrogens with zero attached hydrogens (tertiary/aromatic N) is 2. The smallest absolute Gasteiger partial charge is 0.262 e. The van der Waals surface area contributed by atoms with Crippen molar-refractivity contribution >= 4 is 56.5 Å². The highest BCUT2D eigenvalue weighted by Crippen LogP contribution is 2.30. The molecule has 29 heavy (non-hydrogen) atoms. The summed E-state index contributed by atoms with van der Waals surface area (Å²) in [5.74, 6) is 0.0167. The highest BCUT2D eigenvalue weighted by molar-refractivity contribution is 7.99. The van der Waals surface area contributed by atoms with Crippen molar-refractivity contribution in [2.75, 3.05) is 11.1 Å². The summed E-state index contributed by atoms with van der Waals surface area (Å²) < 4.78 is 1.52. The number of thioether (sulfide) groups is 1. The molecule has 1 N–H and O–H groups in total. The summed E-state index contributed by atoms with van der Waals surface area (Å²) in [7, 11) is 1.70. The van der Waals surface area contributed by atoms with E-state index in [0.29, 0.717) is 15.6 Å². The van der Waals surface area contributed by atoms with E-state index >= 15 is 0 Å². The molecule has 2 heterocycles. The molecule has 0 bridgehead atoms. The molecule has 0 aliphatic rings. The van der Waals surface area contributed by atoms with Crippen LogP contribution in [-0.2, 0) is 24.7 Å². The monoisotopic (exact) mass is 449 g/mol. The number of aryl methyl sites for hydroxylation is 3. The van der Waals surface area contributed by atoms with Crippen LogP contribution in [0.5, 0.6) is 0 Å². The number of carbonyl (C=O) groups is 1. The molecule has 0 fully saturated rings. The SMILES string of the molecule is CCc1ccc(Cl)c(CC)c1NC(=O)CSc1nc2sc(C)c(C)c2c(=O)n1C. The van der Waals surface area contributed by atoms with Gasteiger partial charge in [-0.3, -0.25) is 14.2 Å². The van der Waals surface area contributed by atoms with Gasteiger partial charge in [0.1, 0.15) is 4.83 Å². The maximum atomic E-state index is 12.7. The molecule has 0 aliphatic carbocycles. The predicted octanol–water partition coefficient (Wildman–Crippen LogP) is 5.12. The second-order valence-electron chi connectivity index (χ2n) is 6.83.